The first-order chi connectivity index (χ1) is 14.4. The van der Waals surface area contributed by atoms with E-state index in [2.05, 4.69) is 16.4 Å². The molecule has 2 aromatic carbocycles. The van der Waals surface area contributed by atoms with Crippen LogP contribution in [0.3, 0.4) is 0 Å². The van der Waals surface area contributed by atoms with Crippen molar-refractivity contribution in [1.29, 1.82) is 0 Å². The number of thiazole rings is 1. The average molecular weight is 425 g/mol. The van der Waals surface area contributed by atoms with Crippen LogP contribution in [0, 0.1) is 27.7 Å². The summed E-state index contributed by atoms with van der Waals surface area (Å²) < 4.78 is 11.2. The fraction of sp³-hybridized carbons (Fsp3) is 0.333. The molecular formula is C24H28N2O3S. The third-order valence-electron chi connectivity index (χ3n) is 4.91. The number of carbonyl (C=O) groups is 1. The molecule has 6 heteroatoms. The molecular weight excluding hydrogens is 396 g/mol. The summed E-state index contributed by atoms with van der Waals surface area (Å²) in [5.74, 6) is 1.71. The number of ether oxygens (including phenoxy) is 2. The number of nitrogens with zero attached hydrogens (tertiary/aromatic N) is 1. The van der Waals surface area contributed by atoms with E-state index in [0.717, 1.165) is 44.3 Å². The van der Waals surface area contributed by atoms with Crippen molar-refractivity contribution in [2.75, 3.05) is 19.0 Å². The van der Waals surface area contributed by atoms with Crippen LogP contribution < -0.4 is 14.8 Å². The molecule has 0 spiro atoms. The first-order valence-electron chi connectivity index (χ1n) is 10.0. The highest BCUT2D eigenvalue weighted by atomic mass is 32.1. The zero-order chi connectivity index (χ0) is 21.7. The van der Waals surface area contributed by atoms with Crippen molar-refractivity contribution in [3.63, 3.8) is 0 Å². The van der Waals surface area contributed by atoms with Gasteiger partial charge in [-0.3, -0.25) is 4.79 Å². The number of carbonyl (C=O) groups excluding carboxylic acids is 1. The van der Waals surface area contributed by atoms with Gasteiger partial charge in [0.05, 0.1) is 19.4 Å². The summed E-state index contributed by atoms with van der Waals surface area (Å²) in [5, 5.41) is 3.54. The van der Waals surface area contributed by atoms with E-state index in [-0.39, 0.29) is 5.91 Å². The molecule has 3 rings (SSSR count). The van der Waals surface area contributed by atoms with Crippen molar-refractivity contribution in [2.45, 2.75) is 40.5 Å². The highest BCUT2D eigenvalue weighted by molar-refractivity contribution is 7.16. The lowest BCUT2D eigenvalue weighted by Gasteiger charge is -2.11. The summed E-state index contributed by atoms with van der Waals surface area (Å²) in [5.41, 5.74) is 5.18. The number of hydrogen-bond acceptors (Lipinski definition) is 5. The first-order valence-corrected chi connectivity index (χ1v) is 10.8. The van der Waals surface area contributed by atoms with Crippen molar-refractivity contribution in [3.05, 3.63) is 58.0 Å². The van der Waals surface area contributed by atoms with Crippen LogP contribution >= 0.6 is 11.3 Å². The zero-order valence-electron chi connectivity index (χ0n) is 18.2. The Bertz CT molecular complexity index is 1020. The van der Waals surface area contributed by atoms with Gasteiger partial charge in [-0.05, 0) is 69.0 Å². The quantitative estimate of drug-likeness (QED) is 0.461. The maximum atomic E-state index is 12.3. The van der Waals surface area contributed by atoms with Crippen LogP contribution in [0.25, 0.3) is 11.3 Å². The lowest BCUT2D eigenvalue weighted by Crippen LogP contribution is -2.13. The monoisotopic (exact) mass is 424 g/mol. The second-order valence-electron chi connectivity index (χ2n) is 7.33. The van der Waals surface area contributed by atoms with E-state index in [4.69, 9.17) is 9.47 Å². The Morgan fingerprint density at radius 1 is 1.07 bits per heavy atom. The highest BCUT2D eigenvalue weighted by Gasteiger charge is 2.13. The zero-order valence-corrected chi connectivity index (χ0v) is 19.0. The minimum atomic E-state index is -0.0497. The standard InChI is InChI=1S/C24H28N2O3S/c1-15-8-6-9-16(2)23(15)29-13-7-10-21(27)25-24-26-22(18(4)30-24)19-11-12-20(28-5)17(3)14-19/h6,8-9,11-12,14H,7,10,13H2,1-5H3,(H,25,26,27). The highest BCUT2D eigenvalue weighted by Crippen LogP contribution is 2.32. The van der Waals surface area contributed by atoms with Gasteiger partial charge in [-0.2, -0.15) is 0 Å². The van der Waals surface area contributed by atoms with Gasteiger partial charge in [0, 0.05) is 16.9 Å². The van der Waals surface area contributed by atoms with Crippen LogP contribution in [0.4, 0.5) is 5.13 Å². The number of anilines is 1. The van der Waals surface area contributed by atoms with Gasteiger partial charge in [-0.1, -0.05) is 18.2 Å². The minimum absolute atomic E-state index is 0.0497. The molecule has 0 aliphatic carbocycles. The Kier molecular flexibility index (Phi) is 7.11. The number of nitrogens with one attached hydrogen (secondary N) is 1. The van der Waals surface area contributed by atoms with Gasteiger partial charge < -0.3 is 14.8 Å². The molecule has 0 saturated carbocycles. The topological polar surface area (TPSA) is 60.5 Å². The van der Waals surface area contributed by atoms with E-state index in [1.54, 1.807) is 7.11 Å². The second-order valence-corrected chi connectivity index (χ2v) is 8.53. The number of aromatic nitrogens is 1. The second kappa shape index (κ2) is 9.76. The van der Waals surface area contributed by atoms with E-state index >= 15 is 0 Å². The molecule has 1 heterocycles. The average Bonchev–Trinajstić information content (AvgIpc) is 3.06. The molecule has 1 N–H and O–H groups in total. The maximum Gasteiger partial charge on any atom is 0.226 e. The van der Waals surface area contributed by atoms with Crippen LogP contribution in [0.1, 0.15) is 34.4 Å². The first kappa shape index (κ1) is 21.8. The molecule has 0 aliphatic heterocycles. The molecule has 3 aromatic rings. The maximum absolute atomic E-state index is 12.3. The summed E-state index contributed by atoms with van der Waals surface area (Å²) in [4.78, 5) is 18.0. The molecule has 0 fully saturated rings. The van der Waals surface area contributed by atoms with Gasteiger partial charge in [0.15, 0.2) is 5.13 Å². The van der Waals surface area contributed by atoms with Crippen molar-refractivity contribution in [1.82, 2.24) is 4.98 Å². The van der Waals surface area contributed by atoms with Gasteiger partial charge in [-0.25, -0.2) is 4.98 Å². The molecule has 0 bridgehead atoms. The van der Waals surface area contributed by atoms with E-state index < -0.39 is 0 Å². The predicted molar refractivity (Wildman–Crippen MR) is 123 cm³/mol. The lowest BCUT2D eigenvalue weighted by molar-refractivity contribution is -0.116. The van der Waals surface area contributed by atoms with E-state index in [9.17, 15) is 4.79 Å². The normalized spacial score (nSPS) is 10.7. The van der Waals surface area contributed by atoms with Crippen LogP contribution in [0.2, 0.25) is 0 Å². The molecule has 1 amide bonds. The van der Waals surface area contributed by atoms with Gasteiger partial charge in [0.1, 0.15) is 11.5 Å². The molecule has 0 saturated heterocycles. The van der Waals surface area contributed by atoms with Gasteiger partial charge >= 0.3 is 0 Å². The number of rotatable bonds is 8. The molecule has 30 heavy (non-hydrogen) atoms. The Balaban J connectivity index is 1.55. The van der Waals surface area contributed by atoms with Crippen LogP contribution in [0.5, 0.6) is 11.5 Å². The fourth-order valence-electron chi connectivity index (χ4n) is 3.36. The Labute approximate surface area is 182 Å². The predicted octanol–water partition coefficient (Wildman–Crippen LogP) is 5.85. The molecule has 0 atom stereocenters. The van der Waals surface area contributed by atoms with E-state index in [1.807, 2.05) is 58.0 Å². The summed E-state index contributed by atoms with van der Waals surface area (Å²) in [6.07, 6.45) is 1.04. The minimum Gasteiger partial charge on any atom is -0.496 e. The van der Waals surface area contributed by atoms with Crippen LogP contribution in [0.15, 0.2) is 36.4 Å². The number of para-hydroxylation sites is 1. The van der Waals surface area contributed by atoms with Gasteiger partial charge in [-0.15, -0.1) is 11.3 Å². The summed E-state index contributed by atoms with van der Waals surface area (Å²) >= 11 is 1.49. The number of methoxy groups -OCH3 is 1. The van der Waals surface area contributed by atoms with Gasteiger partial charge in [0.2, 0.25) is 5.91 Å². The van der Waals surface area contributed by atoms with E-state index in [1.165, 1.54) is 11.3 Å². The summed E-state index contributed by atoms with van der Waals surface area (Å²) in [6, 6.07) is 12.1. The number of benzene rings is 2. The summed E-state index contributed by atoms with van der Waals surface area (Å²) in [6.45, 7) is 8.59. The molecule has 0 aliphatic rings. The van der Waals surface area contributed by atoms with Crippen molar-refractivity contribution >= 4 is 22.4 Å². The SMILES string of the molecule is COc1ccc(-c2nc(NC(=O)CCCOc3c(C)cccc3C)sc2C)cc1C. The largest absolute Gasteiger partial charge is 0.496 e. The van der Waals surface area contributed by atoms with Crippen LogP contribution in [-0.4, -0.2) is 24.6 Å². The third kappa shape index (κ3) is 5.19. The number of amides is 1. The Morgan fingerprint density at radius 3 is 2.47 bits per heavy atom. The number of aryl methyl sites for hydroxylation is 4. The smallest absolute Gasteiger partial charge is 0.226 e. The third-order valence-corrected chi connectivity index (χ3v) is 5.80. The molecule has 5 nitrogen and oxygen atoms in total. The lowest BCUT2D eigenvalue weighted by atomic mass is 10.1. The van der Waals surface area contributed by atoms with Crippen molar-refractivity contribution in [2.24, 2.45) is 0 Å². The molecule has 0 radical (unpaired) electrons. The van der Waals surface area contributed by atoms with Crippen LogP contribution in [-0.2, 0) is 4.79 Å². The van der Waals surface area contributed by atoms with Crippen molar-refractivity contribution < 1.29 is 14.3 Å². The Hall–Kier alpha value is -2.86. The molecule has 0 unspecified atom stereocenters. The van der Waals surface area contributed by atoms with E-state index in [0.29, 0.717) is 24.6 Å². The fourth-order valence-corrected chi connectivity index (χ4v) is 4.21. The number of hydrogen-bond donors (Lipinski definition) is 1. The van der Waals surface area contributed by atoms with Crippen molar-refractivity contribution in [3.8, 4) is 22.8 Å². The molecule has 158 valence electrons. The summed E-state index contributed by atoms with van der Waals surface area (Å²) in [7, 11) is 1.66. The Morgan fingerprint density at radius 2 is 1.80 bits per heavy atom. The van der Waals surface area contributed by atoms with Gasteiger partial charge in [0.25, 0.3) is 0 Å². The molecule has 1 aromatic heterocycles.